The topological polar surface area (TPSA) is 122 Å². The fourth-order valence-electron chi connectivity index (χ4n) is 2.37. The zero-order valence-corrected chi connectivity index (χ0v) is 14.7. The third-order valence-corrected chi connectivity index (χ3v) is 4.01. The zero-order valence-electron chi connectivity index (χ0n) is 13.9. The van der Waals surface area contributed by atoms with E-state index in [9.17, 15) is 24.5 Å². The van der Waals surface area contributed by atoms with Crippen LogP contribution in [0.25, 0.3) is 0 Å². The molecule has 3 amide bonds. The molecule has 1 aliphatic heterocycles. The Balaban J connectivity index is 1.94. The molecular weight excluding hydrogens is 368 g/mol. The number of carbonyl (C=O) groups is 3. The summed E-state index contributed by atoms with van der Waals surface area (Å²) in [6.07, 6.45) is -0.461. The number of anilines is 1. The number of hydrogen-bond donors (Lipinski definition) is 1. The number of nitrogens with one attached hydrogen (secondary N) is 1. The number of halogens is 1. The van der Waals surface area contributed by atoms with Gasteiger partial charge in [-0.1, -0.05) is 11.6 Å². The number of nitro benzene ring substituents is 1. The lowest BCUT2D eigenvalue weighted by atomic mass is 10.2. The van der Waals surface area contributed by atoms with Crippen LogP contribution in [0.2, 0.25) is 5.02 Å². The van der Waals surface area contributed by atoms with E-state index in [1.54, 1.807) is 6.92 Å². The molecule has 0 saturated carbocycles. The molecule has 0 atom stereocenters. The summed E-state index contributed by atoms with van der Waals surface area (Å²) in [7, 11) is 0. The van der Waals surface area contributed by atoms with Crippen LogP contribution in [-0.2, 0) is 14.3 Å². The molecule has 0 aromatic heterocycles. The number of hydrogen-bond acceptors (Lipinski definition) is 6. The quantitative estimate of drug-likeness (QED) is 0.478. The van der Waals surface area contributed by atoms with Crippen LogP contribution in [0.3, 0.4) is 0 Å². The van der Waals surface area contributed by atoms with E-state index in [0.29, 0.717) is 0 Å². The summed E-state index contributed by atoms with van der Waals surface area (Å²) >= 11 is 5.70. The Labute approximate surface area is 153 Å². The summed E-state index contributed by atoms with van der Waals surface area (Å²) in [5, 5.41) is 13.1. The monoisotopic (exact) mass is 384 g/mol. The van der Waals surface area contributed by atoms with Crippen molar-refractivity contribution in [2.24, 2.45) is 0 Å². The first-order valence-corrected chi connectivity index (χ1v) is 8.17. The molecule has 1 heterocycles. The summed E-state index contributed by atoms with van der Waals surface area (Å²) < 4.78 is 4.88. The summed E-state index contributed by atoms with van der Waals surface area (Å²) in [5.74, 6) is -1.71. The Morgan fingerprint density at radius 3 is 2.42 bits per heavy atom. The van der Waals surface area contributed by atoms with Crippen molar-refractivity contribution in [3.05, 3.63) is 33.3 Å². The van der Waals surface area contributed by atoms with Gasteiger partial charge in [-0.15, -0.1) is 0 Å². The van der Waals surface area contributed by atoms with Gasteiger partial charge in [0.05, 0.1) is 11.5 Å². The van der Waals surface area contributed by atoms with E-state index in [0.717, 1.165) is 6.07 Å². The van der Waals surface area contributed by atoms with E-state index in [4.69, 9.17) is 16.3 Å². The van der Waals surface area contributed by atoms with E-state index >= 15 is 0 Å². The van der Waals surface area contributed by atoms with Crippen molar-refractivity contribution >= 4 is 40.9 Å². The van der Waals surface area contributed by atoms with Gasteiger partial charge in [0, 0.05) is 37.9 Å². The number of rotatable bonds is 3. The molecule has 0 bridgehead atoms. The largest absolute Gasteiger partial charge is 0.450 e. The molecule has 140 valence electrons. The molecule has 1 saturated heterocycles. The molecular formula is C15H17ClN4O6. The third kappa shape index (κ3) is 4.60. The maximum absolute atomic E-state index is 12.2. The second-order valence-corrected chi connectivity index (χ2v) is 5.76. The summed E-state index contributed by atoms with van der Waals surface area (Å²) in [5.41, 5.74) is -0.287. The Morgan fingerprint density at radius 1 is 1.23 bits per heavy atom. The Kier molecular flexibility index (Phi) is 6.34. The maximum atomic E-state index is 12.2. The highest BCUT2D eigenvalue weighted by molar-refractivity contribution is 6.39. The minimum atomic E-state index is -0.925. The number of benzene rings is 1. The van der Waals surface area contributed by atoms with Gasteiger partial charge in [0.25, 0.3) is 5.69 Å². The van der Waals surface area contributed by atoms with Crippen molar-refractivity contribution in [2.45, 2.75) is 6.92 Å². The van der Waals surface area contributed by atoms with Crippen molar-refractivity contribution < 1.29 is 24.0 Å². The smallest absolute Gasteiger partial charge is 0.409 e. The van der Waals surface area contributed by atoms with E-state index in [2.05, 4.69) is 5.32 Å². The van der Waals surface area contributed by atoms with Crippen molar-refractivity contribution in [1.82, 2.24) is 9.80 Å². The van der Waals surface area contributed by atoms with Gasteiger partial charge in [-0.05, 0) is 19.1 Å². The highest BCUT2D eigenvalue weighted by atomic mass is 35.5. The van der Waals surface area contributed by atoms with Gasteiger partial charge in [-0.25, -0.2) is 4.79 Å². The molecule has 1 N–H and O–H groups in total. The fraction of sp³-hybridized carbons (Fsp3) is 0.400. The van der Waals surface area contributed by atoms with Crippen molar-refractivity contribution in [2.75, 3.05) is 38.1 Å². The predicted octanol–water partition coefficient (Wildman–Crippen LogP) is 1.49. The van der Waals surface area contributed by atoms with Gasteiger partial charge >= 0.3 is 17.9 Å². The molecule has 0 spiro atoms. The predicted molar refractivity (Wildman–Crippen MR) is 91.9 cm³/mol. The highest BCUT2D eigenvalue weighted by Gasteiger charge is 2.28. The molecule has 1 aliphatic rings. The first-order chi connectivity index (χ1) is 12.3. The van der Waals surface area contributed by atoms with Crippen LogP contribution in [0.4, 0.5) is 16.2 Å². The minimum Gasteiger partial charge on any atom is -0.450 e. The summed E-state index contributed by atoms with van der Waals surface area (Å²) in [6.45, 7) is 2.84. The molecule has 2 rings (SSSR count). The van der Waals surface area contributed by atoms with Crippen LogP contribution >= 0.6 is 11.6 Å². The van der Waals surface area contributed by atoms with Crippen molar-refractivity contribution in [1.29, 1.82) is 0 Å². The standard InChI is InChI=1S/C15H17ClN4O6/c1-2-26-15(23)19-7-5-18(6-8-19)14(22)13(21)17-10-3-4-11(16)12(9-10)20(24)25/h3-4,9H,2,5-8H2,1H3,(H,17,21). The molecule has 1 aromatic carbocycles. The van der Waals surface area contributed by atoms with E-state index in [-0.39, 0.29) is 49.2 Å². The van der Waals surface area contributed by atoms with Crippen LogP contribution in [0.15, 0.2) is 18.2 Å². The molecule has 0 radical (unpaired) electrons. The van der Waals surface area contributed by atoms with Crippen molar-refractivity contribution in [3.8, 4) is 0 Å². The Bertz CT molecular complexity index is 733. The maximum Gasteiger partial charge on any atom is 0.409 e. The molecule has 10 nitrogen and oxygen atoms in total. The van der Waals surface area contributed by atoms with Gasteiger partial charge in [-0.2, -0.15) is 0 Å². The van der Waals surface area contributed by atoms with Gasteiger partial charge in [0.2, 0.25) is 0 Å². The SMILES string of the molecule is CCOC(=O)N1CCN(C(=O)C(=O)Nc2ccc(Cl)c([N+](=O)[O-])c2)CC1. The zero-order chi connectivity index (χ0) is 19.3. The van der Waals surface area contributed by atoms with Crippen LogP contribution < -0.4 is 5.32 Å². The van der Waals surface area contributed by atoms with Gasteiger partial charge in [0.1, 0.15) is 5.02 Å². The Hall–Kier alpha value is -2.88. The normalized spacial score (nSPS) is 13.9. The second kappa shape index (κ2) is 8.48. The van der Waals surface area contributed by atoms with Crippen LogP contribution in [0, 0.1) is 10.1 Å². The number of nitro groups is 1. The van der Waals surface area contributed by atoms with Crippen molar-refractivity contribution in [3.63, 3.8) is 0 Å². The second-order valence-electron chi connectivity index (χ2n) is 5.36. The Morgan fingerprint density at radius 2 is 1.85 bits per heavy atom. The number of nitrogens with zero attached hydrogens (tertiary/aromatic N) is 3. The summed E-state index contributed by atoms with van der Waals surface area (Å²) in [6, 6.07) is 3.70. The molecule has 1 aromatic rings. The lowest BCUT2D eigenvalue weighted by Gasteiger charge is -2.33. The molecule has 0 aliphatic carbocycles. The number of amides is 3. The number of carbonyl (C=O) groups excluding carboxylic acids is 3. The molecule has 1 fully saturated rings. The fourth-order valence-corrected chi connectivity index (χ4v) is 2.55. The third-order valence-electron chi connectivity index (χ3n) is 3.69. The first kappa shape index (κ1) is 19.4. The number of ether oxygens (including phenoxy) is 1. The van der Waals surface area contributed by atoms with E-state index in [1.165, 1.54) is 21.9 Å². The van der Waals surface area contributed by atoms with Gasteiger partial charge in [0.15, 0.2) is 0 Å². The molecule has 0 unspecified atom stereocenters. The van der Waals surface area contributed by atoms with E-state index in [1.807, 2.05) is 0 Å². The van der Waals surface area contributed by atoms with Crippen LogP contribution in [0.1, 0.15) is 6.92 Å². The van der Waals surface area contributed by atoms with Gasteiger partial charge in [-0.3, -0.25) is 19.7 Å². The van der Waals surface area contributed by atoms with Crippen LogP contribution in [-0.4, -0.2) is 65.4 Å². The summed E-state index contributed by atoms with van der Waals surface area (Å²) in [4.78, 5) is 48.8. The lowest BCUT2D eigenvalue weighted by Crippen LogP contribution is -2.53. The highest BCUT2D eigenvalue weighted by Crippen LogP contribution is 2.27. The van der Waals surface area contributed by atoms with E-state index < -0.39 is 22.8 Å². The molecule has 11 heteroatoms. The van der Waals surface area contributed by atoms with Crippen LogP contribution in [0.5, 0.6) is 0 Å². The minimum absolute atomic E-state index is 0.0746. The first-order valence-electron chi connectivity index (χ1n) is 7.79. The average molecular weight is 385 g/mol. The lowest BCUT2D eigenvalue weighted by molar-refractivity contribution is -0.384. The molecule has 26 heavy (non-hydrogen) atoms. The number of piperazine rings is 1. The average Bonchev–Trinajstić information content (AvgIpc) is 2.62. The van der Waals surface area contributed by atoms with Gasteiger partial charge < -0.3 is 19.9 Å².